The number of aryl methyl sites for hydroxylation is 4. The van der Waals surface area contributed by atoms with Gasteiger partial charge >= 0.3 is 0 Å². The minimum atomic E-state index is 0.573. The smallest absolute Gasteiger partial charge is 0.164 e. The first-order valence-electron chi connectivity index (χ1n) is 29.4. The van der Waals surface area contributed by atoms with Gasteiger partial charge in [0.2, 0.25) is 0 Å². The fourth-order valence-corrected chi connectivity index (χ4v) is 11.8. The average molecular weight is 1090 g/mol. The van der Waals surface area contributed by atoms with Crippen molar-refractivity contribution in [1.29, 1.82) is 0 Å². The third-order valence-electron chi connectivity index (χ3n) is 15.4. The molecule has 410 valence electrons. The molecule has 0 aliphatic rings. The molecule has 0 N–H and O–H groups in total. The molecule has 0 saturated heterocycles. The van der Waals surface area contributed by atoms with Crippen molar-refractivity contribution in [3.8, 4) is 90.2 Å². The number of pyridine rings is 1. The Morgan fingerprint density at radius 1 is 0.310 bits per heavy atom. The molecule has 0 radical (unpaired) electrons. The summed E-state index contributed by atoms with van der Waals surface area (Å²) in [4.78, 5) is 20.8. The lowest BCUT2D eigenvalue weighted by Gasteiger charge is -2.22. The molecule has 10 aromatic carbocycles. The Morgan fingerprint density at radius 2 is 0.762 bits per heavy atom. The molecule has 0 amide bonds. The summed E-state index contributed by atoms with van der Waals surface area (Å²) < 4.78 is 4.91. The van der Waals surface area contributed by atoms with Crippen molar-refractivity contribution in [2.24, 2.45) is 0 Å². The Morgan fingerprint density at radius 3 is 1.26 bits per heavy atom. The molecule has 0 spiro atoms. The Bertz CT molecular complexity index is 4630. The number of hydrogen-bond acceptors (Lipinski definition) is 4. The lowest BCUT2D eigenvalue weighted by molar-refractivity contribution is 1.07. The van der Waals surface area contributed by atoms with E-state index in [0.29, 0.717) is 17.5 Å². The number of rotatable bonds is 9. The van der Waals surface area contributed by atoms with E-state index in [-0.39, 0.29) is 0 Å². The van der Waals surface area contributed by atoms with Crippen molar-refractivity contribution in [2.45, 2.75) is 68.2 Å². The van der Waals surface area contributed by atoms with Gasteiger partial charge < -0.3 is 9.13 Å². The number of hydrogen-bond donors (Lipinski definition) is 0. The zero-order chi connectivity index (χ0) is 57.8. The quantitative estimate of drug-likeness (QED) is 0.144. The van der Waals surface area contributed by atoms with Crippen LogP contribution in [0.1, 0.15) is 62.8 Å². The number of aromatic nitrogens is 6. The lowest BCUT2D eigenvalue weighted by atomic mass is 9.92. The van der Waals surface area contributed by atoms with Crippen LogP contribution in [-0.2, 0) is 0 Å². The first-order valence-corrected chi connectivity index (χ1v) is 29.4. The van der Waals surface area contributed by atoms with E-state index < -0.39 is 0 Å². The number of nitrogens with zero attached hydrogens (tertiary/aromatic N) is 6. The van der Waals surface area contributed by atoms with Crippen molar-refractivity contribution in [2.75, 3.05) is 0 Å². The van der Waals surface area contributed by atoms with Gasteiger partial charge in [0.15, 0.2) is 17.5 Å². The second-order valence-corrected chi connectivity index (χ2v) is 21.9. The molecule has 6 heteroatoms. The monoisotopic (exact) mass is 1090 g/mol. The molecule has 0 atom stereocenters. The summed E-state index contributed by atoms with van der Waals surface area (Å²) in [5.41, 5.74) is 22.8. The molecule has 14 aromatic rings. The highest BCUT2D eigenvalue weighted by atomic mass is 15.0. The molecule has 4 aromatic heterocycles. The Labute approximate surface area is 493 Å². The van der Waals surface area contributed by atoms with Crippen LogP contribution in [0, 0.1) is 27.7 Å². The van der Waals surface area contributed by atoms with Crippen LogP contribution in [0.25, 0.3) is 134 Å². The molecule has 84 heavy (non-hydrogen) atoms. The van der Waals surface area contributed by atoms with Crippen molar-refractivity contribution in [3.05, 3.63) is 265 Å². The number of para-hydroxylation sites is 2. The molecule has 14 rings (SSSR count). The molecule has 4 heterocycles. The van der Waals surface area contributed by atoms with Crippen molar-refractivity contribution >= 4 is 43.6 Å². The van der Waals surface area contributed by atoms with E-state index in [1.165, 1.54) is 78.9 Å². The summed E-state index contributed by atoms with van der Waals surface area (Å²) in [6.45, 7) is 17.2. The van der Waals surface area contributed by atoms with E-state index >= 15 is 0 Å². The van der Waals surface area contributed by atoms with E-state index in [0.717, 1.165) is 72.5 Å². The highest BCUT2D eigenvalue weighted by Crippen LogP contribution is 2.47. The Hall–Kier alpha value is -10.0. The highest BCUT2D eigenvalue weighted by Gasteiger charge is 2.26. The Kier molecular flexibility index (Phi) is 15.5. The van der Waals surface area contributed by atoms with Gasteiger partial charge in [-0.15, -0.1) is 0 Å². The standard InChI is InChI=1S/C72H52N6.2C3H8/c1-45-29-34-54(47(3)40-45)51-31-36-65-59(42-51)56-22-11-13-26-63(56)77(65)67-38-33-53(72-75-70(49-18-7-5-8-19-49)74-71(76-72)50-20-9-6-10-21-50)44-61(67)69-58(62-25-15-16-39-73-62)24-17-28-68(69)78-64-27-14-12-23-57(64)60-43-52(32-37-66(60)78)55-35-30-46(2)41-48(55)4;2*1-3-2/h5-44H,1-4H3;2*3H2,1-2H3. The molecule has 0 aliphatic heterocycles. The minimum absolute atomic E-state index is 0.573. The fourth-order valence-electron chi connectivity index (χ4n) is 11.8. The summed E-state index contributed by atoms with van der Waals surface area (Å²) in [7, 11) is 0. The SMILES string of the molecule is CCC.CCC.Cc1ccc(-c2ccc3c(c2)c2ccccc2n3-c2ccc(-c3nc(-c4ccccc4)nc(-c4ccccc4)n3)cc2-c2c(-c3ccccn3)cccc2-n2c3ccccc3c3cc(-c4ccc(C)cc4C)ccc32)c(C)c1. The summed E-state index contributed by atoms with van der Waals surface area (Å²) in [6, 6.07) is 85.0. The third-order valence-corrected chi connectivity index (χ3v) is 15.4. The molecule has 0 bridgehead atoms. The predicted molar refractivity (Wildman–Crippen MR) is 355 cm³/mol. The first kappa shape index (κ1) is 54.5. The predicted octanol–water partition coefficient (Wildman–Crippen LogP) is 21.2. The molecule has 6 nitrogen and oxygen atoms in total. The third kappa shape index (κ3) is 10.4. The second kappa shape index (κ2) is 23.8. The Balaban J connectivity index is 0.00000111. The summed E-state index contributed by atoms with van der Waals surface area (Å²) in [5, 5.41) is 4.71. The van der Waals surface area contributed by atoms with E-state index in [4.69, 9.17) is 19.9 Å². The zero-order valence-electron chi connectivity index (χ0n) is 49.2. The largest absolute Gasteiger partial charge is 0.309 e. The van der Waals surface area contributed by atoms with Crippen LogP contribution in [-0.4, -0.2) is 29.1 Å². The van der Waals surface area contributed by atoms with E-state index in [1.807, 2.05) is 48.7 Å². The van der Waals surface area contributed by atoms with Crippen molar-refractivity contribution in [1.82, 2.24) is 29.1 Å². The molecule has 0 unspecified atom stereocenters. The van der Waals surface area contributed by atoms with Crippen molar-refractivity contribution in [3.63, 3.8) is 0 Å². The van der Waals surface area contributed by atoms with Crippen LogP contribution in [0.3, 0.4) is 0 Å². The van der Waals surface area contributed by atoms with E-state index in [1.54, 1.807) is 0 Å². The molecule has 0 fully saturated rings. The van der Waals surface area contributed by atoms with Gasteiger partial charge in [0.1, 0.15) is 0 Å². The maximum absolute atomic E-state index is 5.31. The summed E-state index contributed by atoms with van der Waals surface area (Å²) >= 11 is 0. The topological polar surface area (TPSA) is 61.4 Å². The highest BCUT2D eigenvalue weighted by molar-refractivity contribution is 6.13. The van der Waals surface area contributed by atoms with Crippen molar-refractivity contribution < 1.29 is 0 Å². The summed E-state index contributed by atoms with van der Waals surface area (Å²) in [5.74, 6) is 1.78. The number of benzene rings is 10. The van der Waals surface area contributed by atoms with Gasteiger partial charge in [-0.25, -0.2) is 15.0 Å². The van der Waals surface area contributed by atoms with Crippen LogP contribution in [0.4, 0.5) is 0 Å². The van der Waals surface area contributed by atoms with Gasteiger partial charge in [0.05, 0.1) is 39.1 Å². The zero-order valence-corrected chi connectivity index (χ0v) is 49.2. The molecular weight excluding hydrogens is 1020 g/mol. The van der Waals surface area contributed by atoms with Crippen LogP contribution in [0.15, 0.2) is 243 Å². The van der Waals surface area contributed by atoms with Gasteiger partial charge in [0, 0.05) is 61.1 Å². The first-order chi connectivity index (χ1) is 41.2. The van der Waals surface area contributed by atoms with Gasteiger partial charge in [-0.2, -0.15) is 0 Å². The fraction of sp³-hybridized carbons (Fsp3) is 0.128. The van der Waals surface area contributed by atoms with Crippen LogP contribution in [0.5, 0.6) is 0 Å². The van der Waals surface area contributed by atoms with E-state index in [2.05, 4.69) is 259 Å². The van der Waals surface area contributed by atoms with Crippen LogP contribution in [0.2, 0.25) is 0 Å². The van der Waals surface area contributed by atoms with Gasteiger partial charge in [-0.1, -0.05) is 215 Å². The number of fused-ring (bicyclic) bond motifs is 6. The van der Waals surface area contributed by atoms with Crippen LogP contribution >= 0.6 is 0 Å². The summed E-state index contributed by atoms with van der Waals surface area (Å²) in [6.07, 6.45) is 4.39. The average Bonchev–Trinajstić information content (AvgIpc) is 1.88. The normalized spacial score (nSPS) is 11.2. The maximum Gasteiger partial charge on any atom is 0.164 e. The minimum Gasteiger partial charge on any atom is -0.309 e. The lowest BCUT2D eigenvalue weighted by Crippen LogP contribution is -2.05. The molecular formula is C78H68N6. The van der Waals surface area contributed by atoms with E-state index in [9.17, 15) is 0 Å². The molecule has 0 saturated carbocycles. The van der Waals surface area contributed by atoms with Gasteiger partial charge in [-0.3, -0.25) is 4.98 Å². The van der Waals surface area contributed by atoms with Gasteiger partial charge in [-0.05, 0) is 134 Å². The maximum atomic E-state index is 5.31. The second-order valence-electron chi connectivity index (χ2n) is 21.9. The molecule has 0 aliphatic carbocycles. The van der Waals surface area contributed by atoms with Crippen LogP contribution < -0.4 is 0 Å². The van der Waals surface area contributed by atoms with Gasteiger partial charge in [0.25, 0.3) is 0 Å².